The van der Waals surface area contributed by atoms with E-state index in [-0.39, 0.29) is 18.0 Å². The Morgan fingerprint density at radius 2 is 2.30 bits per heavy atom. The van der Waals surface area contributed by atoms with Crippen molar-refractivity contribution in [3.8, 4) is 5.75 Å². The Morgan fingerprint density at radius 3 is 3.10 bits per heavy atom. The Bertz CT molecular complexity index is 628. The van der Waals surface area contributed by atoms with E-state index >= 15 is 0 Å². The predicted octanol–water partition coefficient (Wildman–Crippen LogP) is 2.87. The Balaban J connectivity index is 1.61. The minimum Gasteiger partial charge on any atom is -0.491 e. The van der Waals surface area contributed by atoms with Crippen LogP contribution in [-0.2, 0) is 11.2 Å². The summed E-state index contributed by atoms with van der Waals surface area (Å²) < 4.78 is 19.2. The lowest BCUT2D eigenvalue weighted by atomic mass is 10.1. The van der Waals surface area contributed by atoms with Crippen molar-refractivity contribution in [2.75, 3.05) is 23.8 Å². The van der Waals surface area contributed by atoms with E-state index in [1.807, 2.05) is 16.8 Å². The van der Waals surface area contributed by atoms with Gasteiger partial charge in [-0.15, -0.1) is 0 Å². The van der Waals surface area contributed by atoms with Gasteiger partial charge in [0.25, 0.3) is 0 Å². The average molecular weight is 292 g/mol. The number of anilines is 2. The summed E-state index contributed by atoms with van der Waals surface area (Å²) in [4.78, 5) is 11.3. The van der Waals surface area contributed by atoms with Crippen molar-refractivity contribution in [3.05, 3.63) is 40.3 Å². The van der Waals surface area contributed by atoms with Gasteiger partial charge in [-0.3, -0.25) is 4.79 Å². The fourth-order valence-corrected chi connectivity index (χ4v) is 2.72. The Labute approximate surface area is 119 Å². The van der Waals surface area contributed by atoms with Crippen molar-refractivity contribution in [3.63, 3.8) is 0 Å². The maximum atomic E-state index is 13.5. The molecule has 0 aliphatic carbocycles. The van der Waals surface area contributed by atoms with Crippen molar-refractivity contribution in [1.29, 1.82) is 0 Å². The molecule has 104 valence electrons. The molecule has 0 atom stereocenters. The number of thiophene rings is 1. The number of rotatable bonds is 5. The van der Waals surface area contributed by atoms with Crippen LogP contribution < -0.4 is 15.4 Å². The summed E-state index contributed by atoms with van der Waals surface area (Å²) in [7, 11) is 0. The number of carbonyl (C=O) groups is 1. The molecule has 2 aromatic rings. The average Bonchev–Trinajstić information content (AvgIpc) is 3.06. The number of nitrogens with one attached hydrogen (secondary N) is 2. The van der Waals surface area contributed by atoms with Gasteiger partial charge in [0, 0.05) is 23.2 Å². The van der Waals surface area contributed by atoms with Gasteiger partial charge in [0.15, 0.2) is 0 Å². The zero-order valence-corrected chi connectivity index (χ0v) is 11.4. The Hall–Kier alpha value is -2.08. The summed E-state index contributed by atoms with van der Waals surface area (Å²) in [6.45, 7) is 1.09. The van der Waals surface area contributed by atoms with E-state index in [1.54, 1.807) is 17.4 Å². The zero-order chi connectivity index (χ0) is 13.9. The second kappa shape index (κ2) is 5.50. The highest BCUT2D eigenvalue weighted by molar-refractivity contribution is 7.08. The van der Waals surface area contributed by atoms with Crippen LogP contribution in [0.25, 0.3) is 0 Å². The van der Waals surface area contributed by atoms with Crippen LogP contribution in [0.5, 0.6) is 5.75 Å². The van der Waals surface area contributed by atoms with Crippen LogP contribution in [0.4, 0.5) is 15.8 Å². The highest BCUT2D eigenvalue weighted by Gasteiger charge is 2.24. The van der Waals surface area contributed by atoms with Crippen molar-refractivity contribution >= 4 is 28.6 Å². The van der Waals surface area contributed by atoms with E-state index in [0.29, 0.717) is 24.5 Å². The lowest BCUT2D eigenvalue weighted by molar-refractivity contribution is -0.115. The van der Waals surface area contributed by atoms with Crippen molar-refractivity contribution < 1.29 is 13.9 Å². The van der Waals surface area contributed by atoms with E-state index in [1.165, 1.54) is 6.07 Å². The summed E-state index contributed by atoms with van der Waals surface area (Å²) in [5, 5.41) is 9.73. The van der Waals surface area contributed by atoms with E-state index < -0.39 is 5.82 Å². The highest BCUT2D eigenvalue weighted by atomic mass is 32.1. The Morgan fingerprint density at radius 1 is 1.40 bits per heavy atom. The van der Waals surface area contributed by atoms with Crippen LogP contribution in [-0.4, -0.2) is 19.1 Å². The molecule has 0 fully saturated rings. The first-order chi connectivity index (χ1) is 9.74. The second-order valence-corrected chi connectivity index (χ2v) is 5.19. The molecule has 1 aromatic carbocycles. The number of carbonyl (C=O) groups excluding carboxylic acids is 1. The van der Waals surface area contributed by atoms with Gasteiger partial charge in [-0.25, -0.2) is 4.39 Å². The number of hydrogen-bond acceptors (Lipinski definition) is 4. The quantitative estimate of drug-likeness (QED) is 0.833. The monoisotopic (exact) mass is 292 g/mol. The minimum absolute atomic E-state index is 0.167. The lowest BCUT2D eigenvalue weighted by Crippen LogP contribution is -2.11. The lowest BCUT2D eigenvalue weighted by Gasteiger charge is -2.11. The zero-order valence-electron chi connectivity index (χ0n) is 10.6. The summed E-state index contributed by atoms with van der Waals surface area (Å²) >= 11 is 1.62. The molecule has 2 heterocycles. The summed E-state index contributed by atoms with van der Waals surface area (Å²) in [6, 6.07) is 4.87. The van der Waals surface area contributed by atoms with Crippen molar-refractivity contribution in [2.24, 2.45) is 0 Å². The molecule has 2 N–H and O–H groups in total. The first kappa shape index (κ1) is 12.9. The van der Waals surface area contributed by atoms with Gasteiger partial charge in [-0.05, 0) is 23.6 Å². The van der Waals surface area contributed by atoms with Gasteiger partial charge in [0.05, 0.1) is 12.1 Å². The van der Waals surface area contributed by atoms with Crippen LogP contribution in [0.15, 0.2) is 29.0 Å². The van der Waals surface area contributed by atoms with Crippen LogP contribution in [0.2, 0.25) is 0 Å². The van der Waals surface area contributed by atoms with Crippen LogP contribution in [0.1, 0.15) is 5.56 Å². The first-order valence-electron chi connectivity index (χ1n) is 6.24. The highest BCUT2D eigenvalue weighted by Crippen LogP contribution is 2.33. The smallest absolute Gasteiger partial charge is 0.229 e. The molecule has 0 bridgehead atoms. The van der Waals surface area contributed by atoms with Gasteiger partial charge in [-0.2, -0.15) is 11.3 Å². The van der Waals surface area contributed by atoms with Gasteiger partial charge < -0.3 is 15.4 Å². The van der Waals surface area contributed by atoms with Gasteiger partial charge in [-0.1, -0.05) is 0 Å². The molecule has 1 aliphatic heterocycles. The number of fused-ring (bicyclic) bond motifs is 1. The molecule has 0 radical (unpaired) electrons. The molecule has 0 saturated heterocycles. The fraction of sp³-hybridized carbons (Fsp3) is 0.214. The number of benzene rings is 1. The molecule has 1 aromatic heterocycles. The van der Waals surface area contributed by atoms with Crippen LogP contribution >= 0.6 is 11.3 Å². The third-order valence-electron chi connectivity index (χ3n) is 3.03. The number of amides is 1. The maximum Gasteiger partial charge on any atom is 0.229 e. The van der Waals surface area contributed by atoms with Crippen LogP contribution in [0.3, 0.4) is 0 Å². The van der Waals surface area contributed by atoms with Crippen molar-refractivity contribution in [1.82, 2.24) is 0 Å². The molecule has 0 saturated carbocycles. The third-order valence-corrected chi connectivity index (χ3v) is 3.71. The fourth-order valence-electron chi connectivity index (χ4n) is 2.11. The van der Waals surface area contributed by atoms with E-state index in [4.69, 9.17) is 4.74 Å². The largest absolute Gasteiger partial charge is 0.491 e. The minimum atomic E-state index is -0.422. The van der Waals surface area contributed by atoms with E-state index in [0.717, 1.165) is 5.69 Å². The first-order valence-corrected chi connectivity index (χ1v) is 7.18. The SMILES string of the molecule is O=C1Cc2c(OCCNc3ccsc3)ccc(F)c2N1. The normalized spacial score (nSPS) is 12.9. The summed E-state index contributed by atoms with van der Waals surface area (Å²) in [5.74, 6) is -0.0622. The molecular formula is C14H13FN2O2S. The number of halogens is 1. The molecule has 6 heteroatoms. The van der Waals surface area contributed by atoms with E-state index in [9.17, 15) is 9.18 Å². The summed E-state index contributed by atoms with van der Waals surface area (Å²) in [6.07, 6.45) is 0.167. The predicted molar refractivity (Wildman–Crippen MR) is 77.0 cm³/mol. The van der Waals surface area contributed by atoms with Crippen LogP contribution in [0, 0.1) is 5.82 Å². The maximum absolute atomic E-state index is 13.5. The Kier molecular flexibility index (Phi) is 3.56. The molecular weight excluding hydrogens is 279 g/mol. The number of ether oxygens (including phenoxy) is 1. The molecule has 20 heavy (non-hydrogen) atoms. The van der Waals surface area contributed by atoms with Gasteiger partial charge in [0.1, 0.15) is 18.2 Å². The van der Waals surface area contributed by atoms with E-state index in [2.05, 4.69) is 10.6 Å². The topological polar surface area (TPSA) is 50.4 Å². The molecule has 0 unspecified atom stereocenters. The molecule has 1 aliphatic rings. The third kappa shape index (κ3) is 2.60. The molecule has 1 amide bonds. The van der Waals surface area contributed by atoms with Gasteiger partial charge >= 0.3 is 0 Å². The summed E-state index contributed by atoms with van der Waals surface area (Å²) in [5.41, 5.74) is 1.91. The number of hydrogen-bond donors (Lipinski definition) is 2. The molecule has 0 spiro atoms. The second-order valence-electron chi connectivity index (χ2n) is 4.41. The standard InChI is InChI=1S/C14H13FN2O2S/c15-11-1-2-12(10-7-13(18)17-14(10)11)19-5-4-16-9-3-6-20-8-9/h1-3,6,8,16H,4-5,7H2,(H,17,18). The molecule has 4 nitrogen and oxygen atoms in total. The van der Waals surface area contributed by atoms with Gasteiger partial charge in [0.2, 0.25) is 5.91 Å². The molecule has 3 rings (SSSR count). The van der Waals surface area contributed by atoms with Crippen molar-refractivity contribution in [2.45, 2.75) is 6.42 Å².